The first-order chi connectivity index (χ1) is 12.4. The van der Waals surface area contributed by atoms with Crippen LogP contribution in [0.5, 0.6) is 5.75 Å². The molecule has 1 saturated heterocycles. The van der Waals surface area contributed by atoms with Crippen LogP contribution in [0.25, 0.3) is 0 Å². The van der Waals surface area contributed by atoms with E-state index in [2.05, 4.69) is 32.8 Å². The molecule has 0 saturated carbocycles. The van der Waals surface area contributed by atoms with Crippen molar-refractivity contribution in [2.45, 2.75) is 0 Å². The predicted octanol–water partition coefficient (Wildman–Crippen LogP) is 1.55. The molecule has 9 heteroatoms. The number of carbonyl (C=O) groups is 2. The molecule has 1 aliphatic heterocycles. The summed E-state index contributed by atoms with van der Waals surface area (Å²) in [5.74, 6) is 0.191. The number of ether oxygens (including phenoxy) is 1. The summed E-state index contributed by atoms with van der Waals surface area (Å²) in [6.07, 6.45) is 3.11. The molecule has 1 aliphatic rings. The van der Waals surface area contributed by atoms with E-state index in [-0.39, 0.29) is 12.5 Å². The van der Waals surface area contributed by atoms with Crippen molar-refractivity contribution in [1.82, 2.24) is 9.80 Å². The van der Waals surface area contributed by atoms with Gasteiger partial charge >= 0.3 is 0 Å². The molecular formula is C17H22ClIN4O3. The van der Waals surface area contributed by atoms with Gasteiger partial charge in [-0.05, 0) is 34.7 Å². The lowest BCUT2D eigenvalue weighted by Crippen LogP contribution is -2.50. The summed E-state index contributed by atoms with van der Waals surface area (Å²) >= 11 is 8.23. The number of primary amides is 1. The van der Waals surface area contributed by atoms with Crippen LogP contribution in [0.3, 0.4) is 0 Å². The Kier molecular flexibility index (Phi) is 7.98. The Morgan fingerprint density at radius 3 is 2.65 bits per heavy atom. The lowest BCUT2D eigenvalue weighted by atomic mass is 10.2. The largest absolute Gasteiger partial charge is 0.495 e. The third-order valence-corrected chi connectivity index (χ3v) is 5.57. The first kappa shape index (κ1) is 20.8. The number of carbonyl (C=O) groups excluding carboxylic acids is 2. The van der Waals surface area contributed by atoms with E-state index in [9.17, 15) is 9.59 Å². The average molecular weight is 493 g/mol. The van der Waals surface area contributed by atoms with Crippen LogP contribution in [-0.4, -0.2) is 68.0 Å². The second-order valence-electron chi connectivity index (χ2n) is 5.81. The van der Waals surface area contributed by atoms with Gasteiger partial charge in [0.1, 0.15) is 5.75 Å². The highest BCUT2D eigenvalue weighted by molar-refractivity contribution is 14.1. The van der Waals surface area contributed by atoms with Gasteiger partial charge in [0.15, 0.2) is 0 Å². The van der Waals surface area contributed by atoms with Crippen molar-refractivity contribution in [2.24, 2.45) is 5.73 Å². The molecule has 0 aliphatic carbocycles. The van der Waals surface area contributed by atoms with Gasteiger partial charge in [-0.15, -0.1) is 0 Å². The van der Waals surface area contributed by atoms with E-state index in [1.807, 2.05) is 11.0 Å². The molecule has 7 nitrogen and oxygen atoms in total. The first-order valence-corrected chi connectivity index (χ1v) is 9.59. The topological polar surface area (TPSA) is 87.9 Å². The number of nitrogens with zero attached hydrogens (tertiary/aromatic N) is 2. The predicted molar refractivity (Wildman–Crippen MR) is 111 cm³/mol. The minimum absolute atomic E-state index is 0.0318. The van der Waals surface area contributed by atoms with E-state index in [0.29, 0.717) is 30.4 Å². The number of benzene rings is 1. The van der Waals surface area contributed by atoms with Crippen LogP contribution in [0.15, 0.2) is 24.3 Å². The van der Waals surface area contributed by atoms with Gasteiger partial charge in [-0.2, -0.15) is 0 Å². The van der Waals surface area contributed by atoms with E-state index < -0.39 is 5.91 Å². The minimum Gasteiger partial charge on any atom is -0.495 e. The van der Waals surface area contributed by atoms with Crippen LogP contribution < -0.4 is 15.8 Å². The number of anilines is 1. The number of piperazine rings is 1. The first-order valence-electron chi connectivity index (χ1n) is 8.13. The fraction of sp³-hybridized carbons (Fsp3) is 0.412. The van der Waals surface area contributed by atoms with Crippen molar-refractivity contribution in [1.29, 1.82) is 0 Å². The number of nitrogens with two attached hydrogens (primary N) is 1. The van der Waals surface area contributed by atoms with Gasteiger partial charge in [-0.1, -0.05) is 17.7 Å². The summed E-state index contributed by atoms with van der Waals surface area (Å²) in [7, 11) is 1.57. The monoisotopic (exact) mass is 492 g/mol. The maximum absolute atomic E-state index is 12.4. The molecule has 26 heavy (non-hydrogen) atoms. The van der Waals surface area contributed by atoms with Crippen molar-refractivity contribution >= 4 is 51.7 Å². The smallest absolute Gasteiger partial charge is 0.241 e. The van der Waals surface area contributed by atoms with E-state index in [1.165, 1.54) is 6.08 Å². The lowest BCUT2D eigenvalue weighted by Gasteiger charge is -2.34. The number of methoxy groups -OCH3 is 1. The highest BCUT2D eigenvalue weighted by Crippen LogP contribution is 2.32. The molecule has 1 fully saturated rings. The zero-order chi connectivity index (χ0) is 19.1. The fourth-order valence-electron chi connectivity index (χ4n) is 2.62. The van der Waals surface area contributed by atoms with Crippen LogP contribution in [0.1, 0.15) is 0 Å². The molecule has 2 rings (SSSR count). The molecule has 0 aromatic heterocycles. The molecule has 3 N–H and O–H groups in total. The Morgan fingerprint density at radius 2 is 2.04 bits per heavy atom. The number of nitrogens with one attached hydrogen (secondary N) is 1. The standard InChI is InChI=1S/C17H22ClIN4O3/c1-26-15-9-12(18)13(19)10-14(15)21-11-17(25)23-7-5-22(6-8-23)4-2-3-16(20)24/h2-3,9-10,21H,4-8,11H2,1H3,(H2,20,24)/b3-2+. The molecule has 0 atom stereocenters. The molecular weight excluding hydrogens is 471 g/mol. The normalized spacial score (nSPS) is 15.3. The van der Waals surface area contributed by atoms with E-state index >= 15 is 0 Å². The Labute approximate surface area is 171 Å². The molecule has 1 aromatic carbocycles. The number of amides is 2. The average Bonchev–Trinajstić information content (AvgIpc) is 2.62. The third kappa shape index (κ3) is 6.03. The molecule has 0 bridgehead atoms. The van der Waals surface area contributed by atoms with Crippen molar-refractivity contribution in [3.63, 3.8) is 0 Å². The van der Waals surface area contributed by atoms with Crippen LogP contribution in [-0.2, 0) is 9.59 Å². The molecule has 0 spiro atoms. The van der Waals surface area contributed by atoms with Crippen LogP contribution in [0.2, 0.25) is 5.02 Å². The summed E-state index contributed by atoms with van der Waals surface area (Å²) in [5.41, 5.74) is 5.81. The summed E-state index contributed by atoms with van der Waals surface area (Å²) in [6, 6.07) is 3.59. The number of rotatable bonds is 7. The van der Waals surface area contributed by atoms with Gasteiger partial charge in [0, 0.05) is 42.4 Å². The minimum atomic E-state index is -0.447. The molecule has 2 amide bonds. The van der Waals surface area contributed by atoms with Gasteiger partial charge in [0.05, 0.1) is 24.4 Å². The van der Waals surface area contributed by atoms with Crippen molar-refractivity contribution in [2.75, 3.05) is 51.7 Å². The summed E-state index contributed by atoms with van der Waals surface area (Å²) in [6.45, 7) is 3.67. The lowest BCUT2D eigenvalue weighted by molar-refractivity contribution is -0.130. The third-order valence-electron chi connectivity index (χ3n) is 4.04. The van der Waals surface area contributed by atoms with Crippen LogP contribution in [0, 0.1) is 3.57 Å². The molecule has 1 aromatic rings. The number of halogens is 2. The Hall–Kier alpha value is -1.52. The summed E-state index contributed by atoms with van der Waals surface area (Å²) in [4.78, 5) is 27.1. The quantitative estimate of drug-likeness (QED) is 0.445. The van der Waals surface area contributed by atoms with Gasteiger partial charge in [0.2, 0.25) is 11.8 Å². The highest BCUT2D eigenvalue weighted by atomic mass is 127. The Morgan fingerprint density at radius 1 is 1.35 bits per heavy atom. The SMILES string of the molecule is COc1cc(Cl)c(I)cc1NCC(=O)N1CCN(C/C=C/C(N)=O)CC1. The van der Waals surface area contributed by atoms with Crippen molar-refractivity contribution in [3.05, 3.63) is 32.9 Å². The zero-order valence-electron chi connectivity index (χ0n) is 14.5. The number of hydrogen-bond donors (Lipinski definition) is 2. The van der Waals surface area contributed by atoms with Gasteiger partial charge in [0.25, 0.3) is 0 Å². The van der Waals surface area contributed by atoms with E-state index in [0.717, 1.165) is 22.3 Å². The molecule has 142 valence electrons. The van der Waals surface area contributed by atoms with Gasteiger partial charge in [-0.25, -0.2) is 0 Å². The van der Waals surface area contributed by atoms with Crippen molar-refractivity contribution < 1.29 is 14.3 Å². The number of hydrogen-bond acceptors (Lipinski definition) is 5. The summed E-state index contributed by atoms with van der Waals surface area (Å²) in [5, 5.41) is 3.74. The highest BCUT2D eigenvalue weighted by Gasteiger charge is 2.20. The second kappa shape index (κ2) is 9.98. The molecule has 1 heterocycles. The van der Waals surface area contributed by atoms with Crippen LogP contribution >= 0.6 is 34.2 Å². The maximum atomic E-state index is 12.4. The summed E-state index contributed by atoms with van der Waals surface area (Å²) < 4.78 is 6.19. The Bertz CT molecular complexity index is 691. The van der Waals surface area contributed by atoms with E-state index in [4.69, 9.17) is 22.1 Å². The van der Waals surface area contributed by atoms with Gasteiger partial charge in [-0.3, -0.25) is 14.5 Å². The maximum Gasteiger partial charge on any atom is 0.241 e. The zero-order valence-corrected chi connectivity index (χ0v) is 17.4. The molecule has 0 unspecified atom stereocenters. The Balaban J connectivity index is 1.83. The van der Waals surface area contributed by atoms with E-state index in [1.54, 1.807) is 19.3 Å². The van der Waals surface area contributed by atoms with Crippen LogP contribution in [0.4, 0.5) is 5.69 Å². The van der Waals surface area contributed by atoms with Gasteiger partial charge < -0.3 is 20.7 Å². The fourth-order valence-corrected chi connectivity index (χ4v) is 3.24. The van der Waals surface area contributed by atoms with Crippen molar-refractivity contribution in [3.8, 4) is 5.75 Å². The second-order valence-corrected chi connectivity index (χ2v) is 7.38. The molecule has 0 radical (unpaired) electrons.